The minimum absolute atomic E-state index is 0.258. The number of amides is 1. The van der Waals surface area contributed by atoms with Crippen LogP contribution in [-0.4, -0.2) is 34.2 Å². The summed E-state index contributed by atoms with van der Waals surface area (Å²) in [5.41, 5.74) is 1.82. The van der Waals surface area contributed by atoms with Crippen molar-refractivity contribution in [2.75, 3.05) is 18.0 Å². The fourth-order valence-electron chi connectivity index (χ4n) is 2.65. The Bertz CT molecular complexity index is 476. The van der Waals surface area contributed by atoms with Crippen LogP contribution in [0.3, 0.4) is 0 Å². The summed E-state index contributed by atoms with van der Waals surface area (Å²) in [6, 6.07) is 0. The van der Waals surface area contributed by atoms with E-state index in [0.717, 1.165) is 30.8 Å². The zero-order valence-electron chi connectivity index (χ0n) is 11.8. The van der Waals surface area contributed by atoms with E-state index in [-0.39, 0.29) is 5.56 Å². The lowest BCUT2D eigenvalue weighted by atomic mass is 10.3. The Hall–Kier alpha value is -1.95. The van der Waals surface area contributed by atoms with Crippen LogP contribution < -0.4 is 10.4 Å². The Balaban J connectivity index is 0.000000452. The van der Waals surface area contributed by atoms with Crippen molar-refractivity contribution in [3.63, 3.8) is 0 Å². The number of allylic oxidation sites excluding steroid dienone is 1. The molecule has 6 nitrogen and oxygen atoms in total. The summed E-state index contributed by atoms with van der Waals surface area (Å²) in [6.45, 7) is 9.55. The summed E-state index contributed by atoms with van der Waals surface area (Å²) in [5.74, 6) is 2.50. The molecule has 1 aromatic heterocycles. The molecule has 0 spiro atoms. The first kappa shape index (κ1) is 14.5. The standard InChI is InChI=1S/C11H14N4O2.C3H6/c1-6-8-4-15(5-9(6)8)11-12-2-7(3-13-11)10(16)14-17;1-3-2/h2-3,6,8-9,17H,4-5H2,1H3,(H,14,16);3H,1H2,2H3. The number of carbonyl (C=O) groups is 1. The molecule has 20 heavy (non-hydrogen) atoms. The molecule has 2 fully saturated rings. The smallest absolute Gasteiger partial charge is 0.277 e. The van der Waals surface area contributed by atoms with Gasteiger partial charge in [0.15, 0.2) is 0 Å². The van der Waals surface area contributed by atoms with Crippen molar-refractivity contribution < 1.29 is 10.0 Å². The topological polar surface area (TPSA) is 78.4 Å². The van der Waals surface area contributed by atoms with Gasteiger partial charge in [0.05, 0.1) is 5.56 Å². The molecular weight excluding hydrogens is 256 g/mol. The highest BCUT2D eigenvalue weighted by Crippen LogP contribution is 2.51. The van der Waals surface area contributed by atoms with E-state index in [1.54, 1.807) is 11.6 Å². The van der Waals surface area contributed by atoms with Crippen LogP contribution in [0.25, 0.3) is 0 Å². The van der Waals surface area contributed by atoms with E-state index in [9.17, 15) is 4.79 Å². The number of aromatic nitrogens is 2. The predicted octanol–water partition coefficient (Wildman–Crippen LogP) is 1.49. The van der Waals surface area contributed by atoms with Crippen LogP contribution >= 0.6 is 0 Å². The molecule has 1 aliphatic carbocycles. The van der Waals surface area contributed by atoms with Crippen LogP contribution in [0.4, 0.5) is 5.95 Å². The Labute approximate surface area is 118 Å². The van der Waals surface area contributed by atoms with Crippen molar-refractivity contribution in [1.29, 1.82) is 0 Å². The van der Waals surface area contributed by atoms with Gasteiger partial charge in [-0.3, -0.25) is 10.0 Å². The first-order chi connectivity index (χ1) is 9.62. The summed E-state index contributed by atoms with van der Waals surface area (Å²) in [7, 11) is 0. The van der Waals surface area contributed by atoms with E-state index < -0.39 is 5.91 Å². The summed E-state index contributed by atoms with van der Waals surface area (Å²) in [5, 5.41) is 8.47. The van der Waals surface area contributed by atoms with Crippen LogP contribution in [0.1, 0.15) is 24.2 Å². The van der Waals surface area contributed by atoms with E-state index in [1.165, 1.54) is 12.4 Å². The first-order valence-corrected chi connectivity index (χ1v) is 6.70. The van der Waals surface area contributed by atoms with Gasteiger partial charge in [-0.1, -0.05) is 13.0 Å². The molecular formula is C14H20N4O2. The second-order valence-electron chi connectivity index (χ2n) is 5.21. The van der Waals surface area contributed by atoms with Crippen molar-refractivity contribution in [3.05, 3.63) is 30.6 Å². The Morgan fingerprint density at radius 3 is 2.40 bits per heavy atom. The fraction of sp³-hybridized carbons (Fsp3) is 0.500. The molecule has 0 aromatic carbocycles. The largest absolute Gasteiger partial charge is 0.340 e. The highest BCUT2D eigenvalue weighted by atomic mass is 16.5. The SMILES string of the molecule is C=CC.CC1C2CN(c3ncc(C(=O)NO)cn3)CC12. The zero-order chi connectivity index (χ0) is 14.7. The molecule has 1 aromatic rings. The summed E-state index contributed by atoms with van der Waals surface area (Å²) < 4.78 is 0. The van der Waals surface area contributed by atoms with Crippen molar-refractivity contribution in [3.8, 4) is 0 Å². The second-order valence-corrected chi connectivity index (χ2v) is 5.21. The first-order valence-electron chi connectivity index (χ1n) is 6.70. The Morgan fingerprint density at radius 2 is 1.95 bits per heavy atom. The molecule has 0 radical (unpaired) electrons. The maximum atomic E-state index is 11.1. The molecule has 1 amide bonds. The predicted molar refractivity (Wildman–Crippen MR) is 75.5 cm³/mol. The van der Waals surface area contributed by atoms with Gasteiger partial charge in [-0.05, 0) is 24.7 Å². The molecule has 2 heterocycles. The van der Waals surface area contributed by atoms with E-state index >= 15 is 0 Å². The molecule has 1 aliphatic heterocycles. The number of carbonyl (C=O) groups excluding carboxylic acids is 1. The molecule has 1 saturated carbocycles. The van der Waals surface area contributed by atoms with E-state index in [2.05, 4.69) is 28.4 Å². The van der Waals surface area contributed by atoms with Gasteiger partial charge in [0.2, 0.25) is 5.95 Å². The third-order valence-electron chi connectivity index (χ3n) is 3.91. The number of rotatable bonds is 2. The summed E-state index contributed by atoms with van der Waals surface area (Å²) in [4.78, 5) is 21.5. The van der Waals surface area contributed by atoms with Crippen LogP contribution in [-0.2, 0) is 0 Å². The summed E-state index contributed by atoms with van der Waals surface area (Å²) >= 11 is 0. The van der Waals surface area contributed by atoms with Gasteiger partial charge < -0.3 is 4.90 Å². The lowest BCUT2D eigenvalue weighted by Crippen LogP contribution is -2.26. The van der Waals surface area contributed by atoms with Gasteiger partial charge in [-0.15, -0.1) is 6.58 Å². The number of piperidine rings is 1. The Morgan fingerprint density at radius 1 is 1.45 bits per heavy atom. The van der Waals surface area contributed by atoms with Crippen LogP contribution in [0.5, 0.6) is 0 Å². The van der Waals surface area contributed by atoms with E-state index in [1.807, 2.05) is 6.92 Å². The molecule has 2 atom stereocenters. The zero-order valence-corrected chi connectivity index (χ0v) is 11.8. The summed E-state index contributed by atoms with van der Waals surface area (Å²) in [6.07, 6.45) is 4.61. The highest BCUT2D eigenvalue weighted by molar-refractivity contribution is 5.92. The average molecular weight is 276 g/mol. The average Bonchev–Trinajstić information content (AvgIpc) is 2.91. The number of fused-ring (bicyclic) bond motifs is 1. The van der Waals surface area contributed by atoms with Crippen molar-refractivity contribution >= 4 is 11.9 Å². The minimum atomic E-state index is -0.588. The van der Waals surface area contributed by atoms with Crippen LogP contribution in [0, 0.1) is 17.8 Å². The number of hydrogen-bond donors (Lipinski definition) is 2. The number of anilines is 1. The van der Waals surface area contributed by atoms with Crippen molar-refractivity contribution in [2.24, 2.45) is 17.8 Å². The molecule has 2 unspecified atom stereocenters. The Kier molecular flexibility index (Phi) is 4.34. The molecule has 1 saturated heterocycles. The normalized spacial score (nSPS) is 26.1. The second kappa shape index (κ2) is 6.00. The van der Waals surface area contributed by atoms with E-state index in [0.29, 0.717) is 5.95 Å². The maximum absolute atomic E-state index is 11.1. The van der Waals surface area contributed by atoms with Gasteiger partial charge in [-0.25, -0.2) is 15.4 Å². The van der Waals surface area contributed by atoms with Crippen LogP contribution in [0.2, 0.25) is 0 Å². The maximum Gasteiger partial charge on any atom is 0.277 e. The van der Waals surface area contributed by atoms with E-state index in [4.69, 9.17) is 5.21 Å². The molecule has 108 valence electrons. The van der Waals surface area contributed by atoms with Gasteiger partial charge in [0.1, 0.15) is 0 Å². The van der Waals surface area contributed by atoms with Gasteiger partial charge >= 0.3 is 0 Å². The molecule has 2 aliphatic rings. The lowest BCUT2D eigenvalue weighted by molar-refractivity contribution is 0.0705. The lowest BCUT2D eigenvalue weighted by Gasteiger charge is -2.18. The van der Waals surface area contributed by atoms with Crippen LogP contribution in [0.15, 0.2) is 25.0 Å². The van der Waals surface area contributed by atoms with Gasteiger partial charge in [0, 0.05) is 25.5 Å². The molecule has 6 heteroatoms. The number of nitrogens with one attached hydrogen (secondary N) is 1. The molecule has 3 rings (SSSR count). The monoisotopic (exact) mass is 276 g/mol. The third kappa shape index (κ3) is 2.80. The third-order valence-corrected chi connectivity index (χ3v) is 3.91. The number of hydrogen-bond acceptors (Lipinski definition) is 5. The van der Waals surface area contributed by atoms with Gasteiger partial charge in [0.25, 0.3) is 5.91 Å². The number of nitrogens with zero attached hydrogens (tertiary/aromatic N) is 3. The van der Waals surface area contributed by atoms with Crippen molar-refractivity contribution in [2.45, 2.75) is 13.8 Å². The number of hydroxylamine groups is 1. The fourth-order valence-corrected chi connectivity index (χ4v) is 2.65. The van der Waals surface area contributed by atoms with Crippen molar-refractivity contribution in [1.82, 2.24) is 15.4 Å². The molecule has 2 N–H and O–H groups in total. The minimum Gasteiger partial charge on any atom is -0.340 e. The quantitative estimate of drug-likeness (QED) is 0.486. The van der Waals surface area contributed by atoms with Gasteiger partial charge in [-0.2, -0.15) is 0 Å². The highest BCUT2D eigenvalue weighted by Gasteiger charge is 2.53. The molecule has 0 bridgehead atoms.